The lowest BCUT2D eigenvalue weighted by Gasteiger charge is -2.09. The Hall–Kier alpha value is -3.50. The Kier molecular flexibility index (Phi) is 6.05. The van der Waals surface area contributed by atoms with Gasteiger partial charge in [0.25, 0.3) is 10.0 Å². The van der Waals surface area contributed by atoms with Crippen LogP contribution in [0.4, 0.5) is 25.7 Å². The topological polar surface area (TPSA) is 100 Å². The first kappa shape index (κ1) is 22.7. The van der Waals surface area contributed by atoms with E-state index < -0.39 is 21.9 Å². The van der Waals surface area contributed by atoms with Crippen LogP contribution in [0.3, 0.4) is 0 Å². The van der Waals surface area contributed by atoms with Crippen molar-refractivity contribution >= 4 is 54.1 Å². The number of fused-ring (bicyclic) bond motifs is 1. The maximum atomic E-state index is 13.7. The van der Waals surface area contributed by atoms with Crippen LogP contribution in [-0.4, -0.2) is 19.4 Å². The number of aromatic nitrogens is 1. The summed E-state index contributed by atoms with van der Waals surface area (Å²) in [5.41, 5.74) is 3.68. The van der Waals surface area contributed by atoms with E-state index >= 15 is 0 Å². The van der Waals surface area contributed by atoms with Crippen LogP contribution in [0.1, 0.15) is 16.7 Å². The summed E-state index contributed by atoms with van der Waals surface area (Å²) in [4.78, 5) is 16.9. The number of hydrogen-bond donors (Lipinski definition) is 3. The molecule has 10 heteroatoms. The molecule has 2 amide bonds. The van der Waals surface area contributed by atoms with Crippen LogP contribution < -0.4 is 15.4 Å². The molecule has 0 unspecified atom stereocenters. The number of nitrogens with one attached hydrogen (secondary N) is 3. The second-order valence-electron chi connectivity index (χ2n) is 7.62. The minimum Gasteiger partial charge on any atom is -0.308 e. The van der Waals surface area contributed by atoms with Crippen molar-refractivity contribution in [3.63, 3.8) is 0 Å². The number of anilines is 3. The standard InChI is InChI=1S/C23H21FN4O3S2/c1-13-4-8-18(9-5-13)33(30,31)28-23-27-21-15(3)10-17(12-20(21)32-23)26-22(29)25-16-7-6-14(2)19(24)11-16/h4-12H,1-3H3,(H,27,28)(H2,25,26,29). The second-order valence-corrected chi connectivity index (χ2v) is 10.3. The van der Waals surface area contributed by atoms with E-state index in [-0.39, 0.29) is 10.0 Å². The van der Waals surface area contributed by atoms with Gasteiger partial charge in [-0.05, 0) is 68.3 Å². The highest BCUT2D eigenvalue weighted by Crippen LogP contribution is 2.32. The molecule has 0 aliphatic heterocycles. The lowest BCUT2D eigenvalue weighted by Crippen LogP contribution is -2.19. The van der Waals surface area contributed by atoms with Gasteiger partial charge in [0.05, 0.1) is 15.1 Å². The molecule has 7 nitrogen and oxygen atoms in total. The third-order valence-electron chi connectivity index (χ3n) is 4.93. The number of sulfonamides is 1. The van der Waals surface area contributed by atoms with E-state index in [1.165, 1.54) is 18.2 Å². The average molecular weight is 485 g/mol. The van der Waals surface area contributed by atoms with Crippen LogP contribution in [0.5, 0.6) is 0 Å². The van der Waals surface area contributed by atoms with Crippen molar-refractivity contribution in [2.45, 2.75) is 25.7 Å². The molecule has 0 saturated heterocycles. The second kappa shape index (κ2) is 8.80. The number of carbonyl (C=O) groups is 1. The molecule has 0 saturated carbocycles. The van der Waals surface area contributed by atoms with Crippen LogP contribution in [0.25, 0.3) is 10.2 Å². The fraction of sp³-hybridized carbons (Fsp3) is 0.130. The van der Waals surface area contributed by atoms with Gasteiger partial charge in [0, 0.05) is 11.4 Å². The van der Waals surface area contributed by atoms with E-state index in [9.17, 15) is 17.6 Å². The summed E-state index contributed by atoms with van der Waals surface area (Å²) < 4.78 is 42.3. The predicted octanol–water partition coefficient (Wildman–Crippen LogP) is 5.81. The van der Waals surface area contributed by atoms with Gasteiger partial charge >= 0.3 is 6.03 Å². The molecule has 4 rings (SSSR count). The zero-order valence-electron chi connectivity index (χ0n) is 18.1. The van der Waals surface area contributed by atoms with Crippen molar-refractivity contribution in [3.05, 3.63) is 77.1 Å². The highest BCUT2D eigenvalue weighted by molar-refractivity contribution is 7.93. The molecule has 0 radical (unpaired) electrons. The minimum absolute atomic E-state index is 0.149. The van der Waals surface area contributed by atoms with Crippen LogP contribution in [0.15, 0.2) is 59.5 Å². The number of halogens is 1. The maximum Gasteiger partial charge on any atom is 0.323 e. The fourth-order valence-corrected chi connectivity index (χ4v) is 5.39. The smallest absolute Gasteiger partial charge is 0.308 e. The summed E-state index contributed by atoms with van der Waals surface area (Å²) in [6.07, 6.45) is 0. The van der Waals surface area contributed by atoms with Crippen LogP contribution in [0, 0.1) is 26.6 Å². The molecule has 0 bridgehead atoms. The fourth-order valence-electron chi connectivity index (χ4n) is 3.17. The van der Waals surface area contributed by atoms with Crippen LogP contribution in [0.2, 0.25) is 0 Å². The summed E-state index contributed by atoms with van der Waals surface area (Å²) in [6.45, 7) is 5.34. The zero-order valence-corrected chi connectivity index (χ0v) is 19.7. The van der Waals surface area contributed by atoms with Crippen molar-refractivity contribution < 1.29 is 17.6 Å². The molecule has 0 spiro atoms. The molecule has 4 aromatic rings. The largest absolute Gasteiger partial charge is 0.323 e. The van der Waals surface area contributed by atoms with E-state index in [0.29, 0.717) is 27.2 Å². The minimum atomic E-state index is -3.77. The number of benzene rings is 3. The van der Waals surface area contributed by atoms with Gasteiger partial charge in [0.1, 0.15) is 5.82 Å². The Balaban J connectivity index is 1.53. The molecule has 0 aliphatic carbocycles. The van der Waals surface area contributed by atoms with Crippen LogP contribution in [-0.2, 0) is 10.0 Å². The monoisotopic (exact) mass is 484 g/mol. The Morgan fingerprint density at radius 1 is 0.909 bits per heavy atom. The molecule has 0 aliphatic rings. The Morgan fingerprint density at radius 2 is 1.61 bits per heavy atom. The summed E-state index contributed by atoms with van der Waals surface area (Å²) >= 11 is 1.16. The van der Waals surface area contributed by atoms with Crippen molar-refractivity contribution in [3.8, 4) is 0 Å². The summed E-state index contributed by atoms with van der Waals surface area (Å²) in [6, 6.07) is 13.9. The molecule has 170 valence electrons. The number of thiazole rings is 1. The maximum absolute atomic E-state index is 13.7. The van der Waals surface area contributed by atoms with Crippen LogP contribution >= 0.6 is 11.3 Å². The van der Waals surface area contributed by atoms with Gasteiger partial charge in [-0.3, -0.25) is 4.72 Å². The van der Waals surface area contributed by atoms with Crippen molar-refractivity contribution in [1.82, 2.24) is 4.98 Å². The number of aryl methyl sites for hydroxylation is 3. The molecular formula is C23H21FN4O3S2. The lowest BCUT2D eigenvalue weighted by molar-refractivity contribution is 0.262. The van der Waals surface area contributed by atoms with Gasteiger partial charge in [-0.25, -0.2) is 22.6 Å². The first-order valence-electron chi connectivity index (χ1n) is 9.95. The lowest BCUT2D eigenvalue weighted by atomic mass is 10.2. The normalized spacial score (nSPS) is 11.4. The van der Waals surface area contributed by atoms with Gasteiger partial charge in [0.15, 0.2) is 5.13 Å². The molecule has 3 N–H and O–H groups in total. The summed E-state index contributed by atoms with van der Waals surface area (Å²) in [7, 11) is -3.77. The van der Waals surface area contributed by atoms with E-state index in [0.717, 1.165) is 22.5 Å². The van der Waals surface area contributed by atoms with Gasteiger partial charge in [-0.15, -0.1) is 0 Å². The van der Waals surface area contributed by atoms with E-state index in [1.54, 1.807) is 43.3 Å². The average Bonchev–Trinajstić information content (AvgIpc) is 3.13. The van der Waals surface area contributed by atoms with Gasteiger partial charge in [-0.1, -0.05) is 35.1 Å². The first-order chi connectivity index (χ1) is 15.6. The molecule has 0 atom stereocenters. The van der Waals surface area contributed by atoms with Crippen molar-refractivity contribution in [2.75, 3.05) is 15.4 Å². The Labute approximate surface area is 194 Å². The molecule has 0 fully saturated rings. The molecular weight excluding hydrogens is 463 g/mol. The van der Waals surface area contributed by atoms with E-state index in [4.69, 9.17) is 0 Å². The van der Waals surface area contributed by atoms with E-state index in [1.807, 2.05) is 13.8 Å². The molecule has 33 heavy (non-hydrogen) atoms. The number of rotatable bonds is 5. The number of hydrogen-bond acceptors (Lipinski definition) is 5. The quantitative estimate of drug-likeness (QED) is 0.333. The predicted molar refractivity (Wildman–Crippen MR) is 130 cm³/mol. The van der Waals surface area contributed by atoms with Crippen molar-refractivity contribution in [2.24, 2.45) is 0 Å². The Bertz CT molecular complexity index is 1470. The number of amides is 2. The third kappa shape index (κ3) is 5.12. The summed E-state index contributed by atoms with van der Waals surface area (Å²) in [5, 5.41) is 5.53. The SMILES string of the molecule is Cc1ccc(S(=O)(=O)Nc2nc3c(C)cc(NC(=O)Nc4ccc(C)c(F)c4)cc3s2)cc1. The van der Waals surface area contributed by atoms with Crippen molar-refractivity contribution in [1.29, 1.82) is 0 Å². The van der Waals surface area contributed by atoms with E-state index in [2.05, 4.69) is 20.3 Å². The van der Waals surface area contributed by atoms with Gasteiger partial charge < -0.3 is 10.6 Å². The summed E-state index contributed by atoms with van der Waals surface area (Å²) in [5.74, 6) is -0.407. The first-order valence-corrected chi connectivity index (χ1v) is 12.3. The third-order valence-corrected chi connectivity index (χ3v) is 7.33. The highest BCUT2D eigenvalue weighted by atomic mass is 32.2. The highest BCUT2D eigenvalue weighted by Gasteiger charge is 2.17. The van der Waals surface area contributed by atoms with Gasteiger partial charge in [-0.2, -0.15) is 0 Å². The molecule has 1 heterocycles. The number of carbonyl (C=O) groups excluding carboxylic acids is 1. The number of nitrogens with zero attached hydrogens (tertiary/aromatic N) is 1. The van der Waals surface area contributed by atoms with Gasteiger partial charge in [0.2, 0.25) is 0 Å². The Morgan fingerprint density at radius 3 is 2.30 bits per heavy atom. The molecule has 3 aromatic carbocycles. The number of urea groups is 1. The zero-order chi connectivity index (χ0) is 23.8. The molecule has 1 aromatic heterocycles.